The first kappa shape index (κ1) is 35.1. The van der Waals surface area contributed by atoms with Gasteiger partial charge in [-0.05, 0) is 81.7 Å². The summed E-state index contributed by atoms with van der Waals surface area (Å²) in [6.07, 6.45) is 2.79. The van der Waals surface area contributed by atoms with Crippen LogP contribution >= 0.6 is 0 Å². The molecule has 0 unspecified atom stereocenters. The lowest BCUT2D eigenvalue weighted by Gasteiger charge is -2.23. The summed E-state index contributed by atoms with van der Waals surface area (Å²) in [5.41, 5.74) is -1.18. The van der Waals surface area contributed by atoms with E-state index in [1.165, 1.54) is 39.8 Å². The second-order valence-corrected chi connectivity index (χ2v) is 10.6. The summed E-state index contributed by atoms with van der Waals surface area (Å²) < 4.78 is 10.2. The minimum atomic E-state index is -0.609. The molecule has 208 valence electrons. The van der Waals surface area contributed by atoms with E-state index in [4.69, 9.17) is 9.47 Å². The lowest BCUT2D eigenvalue weighted by atomic mass is 10.0. The summed E-state index contributed by atoms with van der Waals surface area (Å²) in [5.74, 6) is -0.215. The molecule has 0 heterocycles. The standard InChI is InChI=1S/C13H23NO4.C13H21NO4.H2/c2*1-9(15)6-7-11(8-10(2)16)14-12(17)18-13(3,4)5;/h11H,6-8H2,1-5H3,(H,14,17);6-7,11H,8H2,1-5H3,(H,14,17);1H/b;7-6+;/t2*11-;/m11./s1. The molecule has 10 heteroatoms. The van der Waals surface area contributed by atoms with Gasteiger partial charge in [0.25, 0.3) is 0 Å². The van der Waals surface area contributed by atoms with Gasteiger partial charge in [-0.2, -0.15) is 0 Å². The van der Waals surface area contributed by atoms with Crippen molar-refractivity contribution in [3.05, 3.63) is 12.2 Å². The molecule has 0 saturated heterocycles. The number of ether oxygens (including phenoxy) is 2. The predicted molar refractivity (Wildman–Crippen MR) is 139 cm³/mol. The summed E-state index contributed by atoms with van der Waals surface area (Å²) in [6.45, 7) is 16.3. The third-order valence-electron chi connectivity index (χ3n) is 3.87. The molecule has 2 amide bonds. The fourth-order valence-electron chi connectivity index (χ4n) is 2.61. The fourth-order valence-corrected chi connectivity index (χ4v) is 2.61. The van der Waals surface area contributed by atoms with Gasteiger partial charge in [0.15, 0.2) is 5.78 Å². The van der Waals surface area contributed by atoms with Crippen molar-refractivity contribution in [1.29, 1.82) is 0 Å². The van der Waals surface area contributed by atoms with Gasteiger partial charge in [0.05, 0.1) is 6.04 Å². The van der Waals surface area contributed by atoms with Gasteiger partial charge in [-0.25, -0.2) is 9.59 Å². The lowest BCUT2D eigenvalue weighted by Crippen LogP contribution is -2.40. The van der Waals surface area contributed by atoms with E-state index in [0.717, 1.165) is 0 Å². The van der Waals surface area contributed by atoms with E-state index in [9.17, 15) is 28.8 Å². The number of carbonyl (C=O) groups excluding carboxylic acids is 6. The highest BCUT2D eigenvalue weighted by atomic mass is 16.6. The van der Waals surface area contributed by atoms with Crippen molar-refractivity contribution in [2.45, 2.75) is 118 Å². The Bertz CT molecular complexity index is 810. The maximum Gasteiger partial charge on any atom is 0.408 e. The van der Waals surface area contributed by atoms with E-state index >= 15 is 0 Å². The van der Waals surface area contributed by atoms with Crippen LogP contribution in [0.5, 0.6) is 0 Å². The first-order valence-electron chi connectivity index (χ1n) is 11.9. The summed E-state index contributed by atoms with van der Waals surface area (Å²) in [5, 5.41) is 5.17. The molecule has 0 aromatic heterocycles. The second-order valence-electron chi connectivity index (χ2n) is 10.6. The minimum Gasteiger partial charge on any atom is -0.444 e. The average molecular weight is 515 g/mol. The molecule has 36 heavy (non-hydrogen) atoms. The van der Waals surface area contributed by atoms with Crippen LogP contribution in [-0.2, 0) is 28.7 Å². The number of allylic oxidation sites excluding steroid dienone is 1. The minimum absolute atomic E-state index is 0. The molecule has 0 bridgehead atoms. The number of alkyl carbamates (subject to hydrolysis) is 2. The van der Waals surface area contributed by atoms with E-state index in [-0.39, 0.29) is 43.4 Å². The maximum atomic E-state index is 11.6. The highest BCUT2D eigenvalue weighted by molar-refractivity contribution is 5.87. The Morgan fingerprint density at radius 2 is 1.17 bits per heavy atom. The number of carbonyl (C=O) groups is 6. The third kappa shape index (κ3) is 25.6. The van der Waals surface area contributed by atoms with Crippen LogP contribution in [0.3, 0.4) is 0 Å². The Balaban J connectivity index is -0.000000608. The topological polar surface area (TPSA) is 145 Å². The Morgan fingerprint density at radius 3 is 1.53 bits per heavy atom. The number of amides is 2. The molecule has 0 saturated carbocycles. The Hall–Kier alpha value is -3.04. The first-order chi connectivity index (χ1) is 16.2. The summed E-state index contributed by atoms with van der Waals surface area (Å²) in [7, 11) is 0. The molecule has 2 atom stereocenters. The first-order valence-corrected chi connectivity index (χ1v) is 11.9. The smallest absolute Gasteiger partial charge is 0.408 e. The van der Waals surface area contributed by atoms with Crippen molar-refractivity contribution in [2.75, 3.05) is 0 Å². The van der Waals surface area contributed by atoms with Gasteiger partial charge in [0.2, 0.25) is 0 Å². The predicted octanol–water partition coefficient (Wildman–Crippen LogP) is 4.48. The quantitative estimate of drug-likeness (QED) is 0.384. The highest BCUT2D eigenvalue weighted by Crippen LogP contribution is 2.10. The molecule has 0 rings (SSSR count). The van der Waals surface area contributed by atoms with Crippen molar-refractivity contribution >= 4 is 35.3 Å². The van der Waals surface area contributed by atoms with E-state index < -0.39 is 29.4 Å². The van der Waals surface area contributed by atoms with Crippen LogP contribution in [0.2, 0.25) is 0 Å². The van der Waals surface area contributed by atoms with E-state index in [2.05, 4.69) is 10.6 Å². The molecular formula is C26H46N2O8. The van der Waals surface area contributed by atoms with Crippen LogP contribution in [-0.4, -0.2) is 58.6 Å². The largest absolute Gasteiger partial charge is 0.444 e. The van der Waals surface area contributed by atoms with E-state index in [0.29, 0.717) is 12.8 Å². The molecule has 0 radical (unpaired) electrons. The average Bonchev–Trinajstić information content (AvgIpc) is 2.60. The van der Waals surface area contributed by atoms with Crippen LogP contribution in [0, 0.1) is 0 Å². The third-order valence-corrected chi connectivity index (χ3v) is 3.87. The number of ketones is 4. The van der Waals surface area contributed by atoms with Crippen LogP contribution < -0.4 is 10.6 Å². The van der Waals surface area contributed by atoms with Crippen molar-refractivity contribution < 1.29 is 39.7 Å². The lowest BCUT2D eigenvalue weighted by molar-refractivity contribution is -0.119. The zero-order valence-corrected chi connectivity index (χ0v) is 23.4. The van der Waals surface area contributed by atoms with Crippen molar-refractivity contribution in [3.63, 3.8) is 0 Å². The monoisotopic (exact) mass is 514 g/mol. The molecule has 0 aromatic carbocycles. The highest BCUT2D eigenvalue weighted by Gasteiger charge is 2.21. The molecule has 10 nitrogen and oxygen atoms in total. The zero-order valence-electron chi connectivity index (χ0n) is 23.4. The molecule has 0 fully saturated rings. The van der Waals surface area contributed by atoms with Crippen molar-refractivity contribution in [2.24, 2.45) is 0 Å². The maximum absolute atomic E-state index is 11.6. The molecule has 0 aliphatic rings. The van der Waals surface area contributed by atoms with Crippen molar-refractivity contribution in [3.8, 4) is 0 Å². The number of nitrogens with one attached hydrogen (secondary N) is 2. The molecule has 0 aliphatic carbocycles. The fraction of sp³-hybridized carbons (Fsp3) is 0.692. The zero-order chi connectivity index (χ0) is 28.7. The van der Waals surface area contributed by atoms with Crippen LogP contribution in [0.15, 0.2) is 12.2 Å². The number of Topliss-reactive ketones (excluding diaryl/α,β-unsaturated/α-hetero) is 3. The molecular weight excluding hydrogens is 468 g/mol. The van der Waals surface area contributed by atoms with Crippen LogP contribution in [0.1, 0.15) is 96.3 Å². The molecule has 0 spiro atoms. The van der Waals surface area contributed by atoms with Gasteiger partial charge in [-0.15, -0.1) is 0 Å². The SMILES string of the molecule is CC(=O)/C=C/[C@H](CC(C)=O)NC(=O)OC(C)(C)C.CC(=O)CC[C@H](CC(C)=O)NC(=O)OC(C)(C)C.[HH]. The van der Waals surface area contributed by atoms with Gasteiger partial charge in [-0.3, -0.25) is 14.4 Å². The summed E-state index contributed by atoms with van der Waals surface area (Å²) in [6, 6.07) is -0.873. The van der Waals surface area contributed by atoms with E-state index in [1.54, 1.807) is 41.5 Å². The van der Waals surface area contributed by atoms with Crippen LogP contribution in [0.4, 0.5) is 9.59 Å². The Labute approximate surface area is 216 Å². The van der Waals surface area contributed by atoms with Gasteiger partial charge >= 0.3 is 12.2 Å². The molecule has 0 aromatic rings. The van der Waals surface area contributed by atoms with Crippen LogP contribution in [0.25, 0.3) is 0 Å². The molecule has 2 N–H and O–H groups in total. The number of hydrogen-bond donors (Lipinski definition) is 2. The second kappa shape index (κ2) is 16.6. The number of hydrogen-bond acceptors (Lipinski definition) is 8. The van der Waals surface area contributed by atoms with Gasteiger partial charge < -0.3 is 24.9 Å². The van der Waals surface area contributed by atoms with Gasteiger partial charge in [0.1, 0.15) is 28.6 Å². The van der Waals surface area contributed by atoms with Gasteiger partial charge in [0, 0.05) is 26.7 Å². The van der Waals surface area contributed by atoms with Crippen molar-refractivity contribution in [1.82, 2.24) is 10.6 Å². The van der Waals surface area contributed by atoms with E-state index in [1.807, 2.05) is 0 Å². The molecule has 0 aliphatic heterocycles. The Morgan fingerprint density at radius 1 is 0.722 bits per heavy atom. The summed E-state index contributed by atoms with van der Waals surface area (Å²) >= 11 is 0. The normalized spacial score (nSPS) is 12.9. The summed E-state index contributed by atoms with van der Waals surface area (Å²) in [4.78, 5) is 67.0. The van der Waals surface area contributed by atoms with Gasteiger partial charge in [-0.1, -0.05) is 6.08 Å². The number of rotatable bonds is 11. The Kier molecular flexibility index (Phi) is 16.2.